The van der Waals surface area contributed by atoms with Gasteiger partial charge in [0.05, 0.1) is 0 Å². The molecule has 1 aromatic heterocycles. The molecule has 2 aromatic rings. The molecule has 5 heteroatoms. The topological polar surface area (TPSA) is 48.1 Å². The third kappa shape index (κ3) is 3.21. The number of benzene rings is 1. The standard InChI is InChI=1S/C13H12N2OS2/c1-18-10-7-5-9(6-8-10)16-12-4-2-3-11(15-12)13(14)17/h2-8H,1H3,(H2,14,17). The molecule has 2 rings (SSSR count). The second kappa shape index (κ2) is 5.84. The summed E-state index contributed by atoms with van der Waals surface area (Å²) in [4.78, 5) is 5.67. The van der Waals surface area contributed by atoms with Gasteiger partial charge in [-0.05, 0) is 36.6 Å². The van der Waals surface area contributed by atoms with E-state index >= 15 is 0 Å². The Kier molecular flexibility index (Phi) is 4.17. The average Bonchev–Trinajstić information content (AvgIpc) is 2.40. The van der Waals surface area contributed by atoms with Crippen molar-refractivity contribution in [1.82, 2.24) is 4.98 Å². The highest BCUT2D eigenvalue weighted by atomic mass is 32.2. The Bertz CT molecular complexity index is 555. The summed E-state index contributed by atoms with van der Waals surface area (Å²) in [6, 6.07) is 13.1. The van der Waals surface area contributed by atoms with Crippen molar-refractivity contribution in [2.45, 2.75) is 4.90 Å². The molecule has 2 N–H and O–H groups in total. The molecule has 0 saturated carbocycles. The Morgan fingerprint density at radius 1 is 1.22 bits per heavy atom. The van der Waals surface area contributed by atoms with Crippen molar-refractivity contribution in [3.8, 4) is 11.6 Å². The highest BCUT2D eigenvalue weighted by Crippen LogP contribution is 2.23. The van der Waals surface area contributed by atoms with Crippen LogP contribution in [0.1, 0.15) is 5.69 Å². The summed E-state index contributed by atoms with van der Waals surface area (Å²) in [5, 5.41) is 0. The van der Waals surface area contributed by atoms with Crippen LogP contribution in [0.25, 0.3) is 0 Å². The van der Waals surface area contributed by atoms with Gasteiger partial charge in [0.1, 0.15) is 16.4 Å². The number of nitrogens with zero attached hydrogens (tertiary/aromatic N) is 1. The van der Waals surface area contributed by atoms with Gasteiger partial charge in [0, 0.05) is 11.0 Å². The SMILES string of the molecule is CSc1ccc(Oc2cccc(C(N)=S)n2)cc1. The normalized spacial score (nSPS) is 10.1. The van der Waals surface area contributed by atoms with Crippen molar-refractivity contribution in [3.05, 3.63) is 48.2 Å². The summed E-state index contributed by atoms with van der Waals surface area (Å²) in [6.07, 6.45) is 2.03. The molecule has 0 fully saturated rings. The minimum absolute atomic E-state index is 0.262. The first-order chi connectivity index (χ1) is 8.69. The molecule has 0 radical (unpaired) electrons. The molecule has 0 atom stereocenters. The summed E-state index contributed by atoms with van der Waals surface area (Å²) in [5.74, 6) is 1.22. The van der Waals surface area contributed by atoms with Crippen molar-refractivity contribution < 1.29 is 4.74 Å². The van der Waals surface area contributed by atoms with Crippen LogP contribution in [0.2, 0.25) is 0 Å². The molecule has 1 heterocycles. The van der Waals surface area contributed by atoms with Crippen molar-refractivity contribution in [2.24, 2.45) is 5.73 Å². The monoisotopic (exact) mass is 276 g/mol. The maximum atomic E-state index is 5.63. The van der Waals surface area contributed by atoms with E-state index in [1.807, 2.05) is 36.6 Å². The van der Waals surface area contributed by atoms with Crippen molar-refractivity contribution >= 4 is 29.0 Å². The molecule has 0 aliphatic heterocycles. The van der Waals surface area contributed by atoms with E-state index in [4.69, 9.17) is 22.7 Å². The lowest BCUT2D eigenvalue weighted by molar-refractivity contribution is 0.462. The number of pyridine rings is 1. The first-order valence-electron chi connectivity index (χ1n) is 5.28. The van der Waals surface area contributed by atoms with Crippen LogP contribution in [0.5, 0.6) is 11.6 Å². The van der Waals surface area contributed by atoms with Gasteiger partial charge in [-0.1, -0.05) is 18.3 Å². The molecule has 0 aliphatic carbocycles. The van der Waals surface area contributed by atoms with Gasteiger partial charge in [-0.25, -0.2) is 4.98 Å². The van der Waals surface area contributed by atoms with E-state index < -0.39 is 0 Å². The summed E-state index contributed by atoms with van der Waals surface area (Å²) in [6.45, 7) is 0. The van der Waals surface area contributed by atoms with Gasteiger partial charge in [0.2, 0.25) is 5.88 Å². The Hall–Kier alpha value is -1.59. The molecule has 0 bridgehead atoms. The Balaban J connectivity index is 2.17. The minimum atomic E-state index is 0.262. The molecule has 0 unspecified atom stereocenters. The van der Waals surface area contributed by atoms with E-state index in [0.29, 0.717) is 11.6 Å². The zero-order valence-corrected chi connectivity index (χ0v) is 11.4. The van der Waals surface area contributed by atoms with E-state index in [9.17, 15) is 0 Å². The zero-order valence-electron chi connectivity index (χ0n) is 9.79. The molecule has 18 heavy (non-hydrogen) atoms. The zero-order chi connectivity index (χ0) is 13.0. The van der Waals surface area contributed by atoms with Crippen LogP contribution in [-0.2, 0) is 0 Å². The van der Waals surface area contributed by atoms with Crippen molar-refractivity contribution in [3.63, 3.8) is 0 Å². The molecule has 1 aromatic carbocycles. The van der Waals surface area contributed by atoms with Crippen LogP contribution in [0.15, 0.2) is 47.4 Å². The molecule has 0 aliphatic rings. The van der Waals surface area contributed by atoms with Gasteiger partial charge >= 0.3 is 0 Å². The predicted molar refractivity (Wildman–Crippen MR) is 78.4 cm³/mol. The first kappa shape index (κ1) is 12.9. The highest BCUT2D eigenvalue weighted by molar-refractivity contribution is 7.98. The number of hydrogen-bond acceptors (Lipinski definition) is 4. The smallest absolute Gasteiger partial charge is 0.219 e. The molecule has 3 nitrogen and oxygen atoms in total. The average molecular weight is 276 g/mol. The summed E-state index contributed by atoms with van der Waals surface area (Å²) < 4.78 is 5.63. The molecular formula is C13H12N2OS2. The van der Waals surface area contributed by atoms with Gasteiger partial charge in [-0.15, -0.1) is 11.8 Å². The Morgan fingerprint density at radius 3 is 2.56 bits per heavy atom. The van der Waals surface area contributed by atoms with E-state index in [1.54, 1.807) is 23.9 Å². The maximum absolute atomic E-state index is 5.63. The highest BCUT2D eigenvalue weighted by Gasteiger charge is 2.02. The quantitative estimate of drug-likeness (QED) is 0.686. The van der Waals surface area contributed by atoms with E-state index in [2.05, 4.69) is 4.98 Å². The Labute approximate surface area is 115 Å². The fraction of sp³-hybridized carbons (Fsp3) is 0.0769. The number of thiocarbonyl (C=S) groups is 1. The van der Waals surface area contributed by atoms with E-state index in [0.717, 1.165) is 5.75 Å². The maximum Gasteiger partial charge on any atom is 0.219 e. The van der Waals surface area contributed by atoms with Gasteiger partial charge < -0.3 is 10.5 Å². The van der Waals surface area contributed by atoms with Gasteiger partial charge in [0.15, 0.2) is 0 Å². The fourth-order valence-electron chi connectivity index (χ4n) is 1.37. The second-order valence-corrected chi connectivity index (χ2v) is 4.82. The molecule has 0 saturated heterocycles. The van der Waals surface area contributed by atoms with Gasteiger partial charge in [0.25, 0.3) is 0 Å². The van der Waals surface area contributed by atoms with Gasteiger partial charge in [-0.3, -0.25) is 0 Å². The Morgan fingerprint density at radius 2 is 1.94 bits per heavy atom. The fourth-order valence-corrected chi connectivity index (χ4v) is 1.90. The molecular weight excluding hydrogens is 264 g/mol. The van der Waals surface area contributed by atoms with E-state index in [-0.39, 0.29) is 4.99 Å². The summed E-state index contributed by atoms with van der Waals surface area (Å²) >= 11 is 6.56. The van der Waals surface area contributed by atoms with Crippen LogP contribution < -0.4 is 10.5 Å². The minimum Gasteiger partial charge on any atom is -0.439 e. The van der Waals surface area contributed by atoms with Crippen LogP contribution in [0.3, 0.4) is 0 Å². The number of thioether (sulfide) groups is 1. The second-order valence-electron chi connectivity index (χ2n) is 3.50. The third-order valence-electron chi connectivity index (χ3n) is 2.26. The number of hydrogen-bond donors (Lipinski definition) is 1. The molecule has 92 valence electrons. The number of ether oxygens (including phenoxy) is 1. The molecule has 0 spiro atoms. The van der Waals surface area contributed by atoms with Crippen LogP contribution in [0.4, 0.5) is 0 Å². The lowest BCUT2D eigenvalue weighted by Gasteiger charge is -2.06. The molecule has 0 amide bonds. The lowest BCUT2D eigenvalue weighted by atomic mass is 10.3. The largest absolute Gasteiger partial charge is 0.439 e. The van der Waals surface area contributed by atoms with Crippen molar-refractivity contribution in [2.75, 3.05) is 6.26 Å². The summed E-state index contributed by atoms with van der Waals surface area (Å²) in [5.41, 5.74) is 6.08. The van der Waals surface area contributed by atoms with Crippen LogP contribution in [0, 0.1) is 0 Å². The predicted octanol–water partition coefficient (Wildman–Crippen LogP) is 3.23. The van der Waals surface area contributed by atoms with Crippen LogP contribution >= 0.6 is 24.0 Å². The van der Waals surface area contributed by atoms with Gasteiger partial charge in [-0.2, -0.15) is 0 Å². The lowest BCUT2D eigenvalue weighted by Crippen LogP contribution is -2.11. The number of rotatable bonds is 4. The number of aromatic nitrogens is 1. The van der Waals surface area contributed by atoms with E-state index in [1.165, 1.54) is 4.90 Å². The first-order valence-corrected chi connectivity index (χ1v) is 6.91. The third-order valence-corrected chi connectivity index (χ3v) is 3.21. The van der Waals surface area contributed by atoms with Crippen LogP contribution in [-0.4, -0.2) is 16.2 Å². The number of nitrogens with two attached hydrogens (primary N) is 1. The summed E-state index contributed by atoms with van der Waals surface area (Å²) in [7, 11) is 0. The van der Waals surface area contributed by atoms with Crippen molar-refractivity contribution in [1.29, 1.82) is 0 Å².